The van der Waals surface area contributed by atoms with Crippen molar-refractivity contribution in [2.75, 3.05) is 6.54 Å². The van der Waals surface area contributed by atoms with E-state index in [1.54, 1.807) is 0 Å². The predicted molar refractivity (Wildman–Crippen MR) is 80.2 cm³/mol. The zero-order valence-corrected chi connectivity index (χ0v) is 13.0. The number of hydrogen-bond acceptors (Lipinski definition) is 6. The number of benzene rings is 1. The molecule has 1 aromatic carbocycles. The lowest BCUT2D eigenvalue weighted by Crippen LogP contribution is -2.52. The van der Waals surface area contributed by atoms with E-state index in [4.69, 9.17) is 5.73 Å². The summed E-state index contributed by atoms with van der Waals surface area (Å²) in [5, 5.41) is 20.0. The number of nitro benzene ring substituents is 1. The zero-order chi connectivity index (χ0) is 17.3. The number of non-ortho nitro benzene ring substituents is 1. The third kappa shape index (κ3) is 3.49. The molecule has 1 aliphatic rings. The maximum absolute atomic E-state index is 12.4. The van der Waals surface area contributed by atoms with Crippen LogP contribution in [0.3, 0.4) is 0 Å². The van der Waals surface area contributed by atoms with Crippen LogP contribution in [0.1, 0.15) is 19.3 Å². The Bertz CT molecular complexity index is 718. The lowest BCUT2D eigenvalue weighted by molar-refractivity contribution is -0.384. The molecular weight excluding hydrogens is 326 g/mol. The Morgan fingerprint density at radius 2 is 2.04 bits per heavy atom. The van der Waals surface area contributed by atoms with Crippen molar-refractivity contribution in [2.45, 2.75) is 29.7 Å². The van der Waals surface area contributed by atoms with E-state index in [0.717, 1.165) is 24.3 Å². The topological polar surface area (TPSA) is 153 Å². The van der Waals surface area contributed by atoms with Crippen LogP contribution in [0.25, 0.3) is 0 Å². The third-order valence-corrected chi connectivity index (χ3v) is 5.60. The number of carboxylic acids is 1. The number of nitrogens with two attached hydrogens (primary N) is 1. The lowest BCUT2D eigenvalue weighted by atomic mass is 9.98. The SMILES string of the molecule is NCC1CCC(NS(=O)(=O)c2ccc([N+](=O)[O-])cc2)(C(=O)O)C1. The second kappa shape index (κ2) is 6.22. The number of carbonyl (C=O) groups is 1. The van der Waals surface area contributed by atoms with Crippen LogP contribution >= 0.6 is 0 Å². The molecule has 1 aromatic rings. The molecular formula is C13H17N3O6S. The molecule has 0 aromatic heterocycles. The van der Waals surface area contributed by atoms with E-state index in [2.05, 4.69) is 4.72 Å². The van der Waals surface area contributed by atoms with Gasteiger partial charge in [0.15, 0.2) is 0 Å². The minimum atomic E-state index is -4.12. The molecule has 23 heavy (non-hydrogen) atoms. The fraction of sp³-hybridized carbons (Fsp3) is 0.462. The molecule has 0 heterocycles. The number of nitro groups is 1. The van der Waals surface area contributed by atoms with Crippen LogP contribution in [0.5, 0.6) is 0 Å². The molecule has 0 radical (unpaired) electrons. The molecule has 1 saturated carbocycles. The van der Waals surface area contributed by atoms with Gasteiger partial charge in [-0.2, -0.15) is 4.72 Å². The molecule has 0 aliphatic heterocycles. The van der Waals surface area contributed by atoms with Crippen molar-refractivity contribution < 1.29 is 23.2 Å². The Morgan fingerprint density at radius 1 is 1.43 bits per heavy atom. The Morgan fingerprint density at radius 3 is 2.48 bits per heavy atom. The zero-order valence-electron chi connectivity index (χ0n) is 12.1. The van der Waals surface area contributed by atoms with Gasteiger partial charge in [0.2, 0.25) is 10.0 Å². The minimum absolute atomic E-state index is 0.0642. The monoisotopic (exact) mass is 343 g/mol. The standard InChI is InChI=1S/C13H17N3O6S/c14-8-9-5-6-13(7-9,12(17)18)15-23(21,22)11-3-1-10(2-4-11)16(19)20/h1-4,9,15H,5-8,14H2,(H,17,18). The predicted octanol–water partition coefficient (Wildman–Crippen LogP) is 0.455. The summed E-state index contributed by atoms with van der Waals surface area (Å²) in [6.07, 6.45) is 0.785. The van der Waals surface area contributed by atoms with Gasteiger partial charge < -0.3 is 10.8 Å². The highest BCUT2D eigenvalue weighted by atomic mass is 32.2. The summed E-state index contributed by atoms with van der Waals surface area (Å²) in [5.41, 5.74) is 3.70. The summed E-state index contributed by atoms with van der Waals surface area (Å²) < 4.78 is 27.0. The van der Waals surface area contributed by atoms with Crippen LogP contribution < -0.4 is 10.5 Å². The first-order chi connectivity index (χ1) is 10.7. The molecule has 2 unspecified atom stereocenters. The number of sulfonamides is 1. The summed E-state index contributed by atoms with van der Waals surface area (Å²) in [7, 11) is -4.12. The van der Waals surface area contributed by atoms with E-state index >= 15 is 0 Å². The lowest BCUT2D eigenvalue weighted by Gasteiger charge is -2.25. The van der Waals surface area contributed by atoms with E-state index in [1.807, 2.05) is 0 Å². The Kier molecular flexibility index (Phi) is 4.68. The van der Waals surface area contributed by atoms with E-state index in [9.17, 15) is 28.4 Å². The van der Waals surface area contributed by atoms with Crippen molar-refractivity contribution >= 4 is 21.7 Å². The highest BCUT2D eigenvalue weighted by molar-refractivity contribution is 7.89. The van der Waals surface area contributed by atoms with Crippen LogP contribution in [-0.2, 0) is 14.8 Å². The quantitative estimate of drug-likeness (QED) is 0.501. The van der Waals surface area contributed by atoms with Gasteiger partial charge in [-0.1, -0.05) is 0 Å². The smallest absolute Gasteiger partial charge is 0.324 e. The number of hydrogen-bond donors (Lipinski definition) is 3. The van der Waals surface area contributed by atoms with Crippen LogP contribution in [0, 0.1) is 16.0 Å². The molecule has 9 nitrogen and oxygen atoms in total. The van der Waals surface area contributed by atoms with E-state index in [0.29, 0.717) is 6.42 Å². The number of aliphatic carboxylic acids is 1. The van der Waals surface area contributed by atoms with Crippen LogP contribution in [0.2, 0.25) is 0 Å². The molecule has 2 rings (SSSR count). The van der Waals surface area contributed by atoms with E-state index in [1.165, 1.54) is 0 Å². The van der Waals surface area contributed by atoms with Gasteiger partial charge in [0, 0.05) is 12.1 Å². The summed E-state index contributed by atoms with van der Waals surface area (Å²) in [6.45, 7) is 0.286. The van der Waals surface area contributed by atoms with Gasteiger partial charge in [-0.05, 0) is 43.9 Å². The fourth-order valence-corrected chi connectivity index (χ4v) is 4.14. The highest BCUT2D eigenvalue weighted by Gasteiger charge is 2.48. The van der Waals surface area contributed by atoms with Crippen molar-refractivity contribution in [3.63, 3.8) is 0 Å². The number of carboxylic acid groups (broad SMARTS) is 1. The molecule has 1 fully saturated rings. The van der Waals surface area contributed by atoms with Crippen molar-refractivity contribution in [1.29, 1.82) is 0 Å². The molecule has 0 saturated heterocycles. The van der Waals surface area contributed by atoms with Gasteiger partial charge >= 0.3 is 5.97 Å². The molecule has 4 N–H and O–H groups in total. The Labute approximate surface area is 132 Å². The number of nitrogens with zero attached hydrogens (tertiary/aromatic N) is 1. The third-order valence-electron chi connectivity index (χ3n) is 4.05. The second-order valence-electron chi connectivity index (χ2n) is 5.59. The molecule has 2 atom stereocenters. The van der Waals surface area contributed by atoms with Gasteiger partial charge in [-0.3, -0.25) is 14.9 Å². The second-order valence-corrected chi connectivity index (χ2v) is 7.27. The first-order valence-corrected chi connectivity index (χ1v) is 8.40. The molecule has 1 aliphatic carbocycles. The number of rotatable bonds is 6. The van der Waals surface area contributed by atoms with Crippen LogP contribution in [0.15, 0.2) is 29.2 Å². The van der Waals surface area contributed by atoms with Gasteiger partial charge in [0.25, 0.3) is 5.69 Å². The van der Waals surface area contributed by atoms with Crippen molar-refractivity contribution in [3.05, 3.63) is 34.4 Å². The molecule has 0 bridgehead atoms. The summed E-state index contributed by atoms with van der Waals surface area (Å²) in [6, 6.07) is 4.26. The molecule has 0 spiro atoms. The van der Waals surface area contributed by atoms with Gasteiger partial charge in [0.1, 0.15) is 5.54 Å². The maximum atomic E-state index is 12.4. The summed E-state index contributed by atoms with van der Waals surface area (Å²) in [4.78, 5) is 21.3. The first kappa shape index (κ1) is 17.3. The van der Waals surface area contributed by atoms with Crippen molar-refractivity contribution in [3.8, 4) is 0 Å². The van der Waals surface area contributed by atoms with Gasteiger partial charge in [0.05, 0.1) is 9.82 Å². The summed E-state index contributed by atoms with van der Waals surface area (Å²) in [5.74, 6) is -1.32. The molecule has 10 heteroatoms. The molecule has 126 valence electrons. The van der Waals surface area contributed by atoms with Gasteiger partial charge in [-0.25, -0.2) is 8.42 Å². The number of nitrogens with one attached hydrogen (secondary N) is 1. The van der Waals surface area contributed by atoms with Crippen LogP contribution in [0.4, 0.5) is 5.69 Å². The Balaban J connectivity index is 2.28. The highest BCUT2D eigenvalue weighted by Crippen LogP contribution is 2.35. The van der Waals surface area contributed by atoms with Crippen molar-refractivity contribution in [1.82, 2.24) is 4.72 Å². The minimum Gasteiger partial charge on any atom is -0.480 e. The Hall–Kier alpha value is -2.04. The average Bonchev–Trinajstić information content (AvgIpc) is 2.91. The van der Waals surface area contributed by atoms with Gasteiger partial charge in [-0.15, -0.1) is 0 Å². The van der Waals surface area contributed by atoms with E-state index in [-0.39, 0.29) is 35.9 Å². The van der Waals surface area contributed by atoms with E-state index < -0.39 is 26.5 Å². The fourth-order valence-electron chi connectivity index (χ4n) is 2.74. The first-order valence-electron chi connectivity index (χ1n) is 6.92. The maximum Gasteiger partial charge on any atom is 0.324 e. The normalized spacial score (nSPS) is 24.5. The average molecular weight is 343 g/mol. The van der Waals surface area contributed by atoms with Crippen molar-refractivity contribution in [2.24, 2.45) is 11.7 Å². The van der Waals surface area contributed by atoms with Crippen LogP contribution in [-0.4, -0.2) is 36.5 Å². The largest absolute Gasteiger partial charge is 0.480 e. The summed E-state index contributed by atoms with van der Waals surface area (Å²) >= 11 is 0. The molecule has 0 amide bonds.